The Bertz CT molecular complexity index is 451. The number of cyclic esters (lactones) is 1. The van der Waals surface area contributed by atoms with Crippen LogP contribution >= 0.6 is 0 Å². The molecule has 3 atom stereocenters. The first-order valence-corrected chi connectivity index (χ1v) is 6.33. The summed E-state index contributed by atoms with van der Waals surface area (Å²) in [5.41, 5.74) is -1.27. The molecule has 0 amide bonds. The number of carbonyl (C=O) groups is 1. The molecule has 0 aromatic rings. The molecular weight excluding hydrogens is 284 g/mol. The van der Waals surface area contributed by atoms with Crippen molar-refractivity contribution in [1.82, 2.24) is 0 Å². The lowest BCUT2D eigenvalue weighted by molar-refractivity contribution is -0.169. The third-order valence-corrected chi connectivity index (χ3v) is 2.94. The molecule has 0 saturated carbocycles. The Hall–Kier alpha value is -1.61. The molecule has 120 valence electrons. The summed E-state index contributed by atoms with van der Waals surface area (Å²) in [5, 5.41) is 47.4. The third kappa shape index (κ3) is 3.53. The average Bonchev–Trinajstić information content (AvgIpc) is 2.67. The summed E-state index contributed by atoms with van der Waals surface area (Å²) >= 11 is 0. The first-order chi connectivity index (χ1) is 9.78. The summed E-state index contributed by atoms with van der Waals surface area (Å²) in [4.78, 5) is 11.6. The van der Waals surface area contributed by atoms with Gasteiger partial charge in [-0.25, -0.2) is 4.79 Å². The molecule has 8 heteroatoms. The summed E-state index contributed by atoms with van der Waals surface area (Å²) in [6.45, 7) is 1.93. The maximum absolute atomic E-state index is 11.6. The van der Waals surface area contributed by atoms with Gasteiger partial charge in [0.25, 0.3) is 0 Å². The Morgan fingerprint density at radius 3 is 2.43 bits per heavy atom. The highest BCUT2D eigenvalue weighted by Gasteiger charge is 2.55. The summed E-state index contributed by atoms with van der Waals surface area (Å²) in [7, 11) is 0. The second-order valence-corrected chi connectivity index (χ2v) is 5.01. The van der Waals surface area contributed by atoms with E-state index in [-0.39, 0.29) is 0 Å². The van der Waals surface area contributed by atoms with Gasteiger partial charge in [-0.15, -0.1) is 0 Å². The van der Waals surface area contributed by atoms with Crippen LogP contribution in [0.4, 0.5) is 0 Å². The molecule has 0 radical (unpaired) electrons. The van der Waals surface area contributed by atoms with E-state index in [4.69, 9.17) is 19.7 Å². The summed E-state index contributed by atoms with van der Waals surface area (Å²) in [6.07, 6.45) is -2.23. The molecule has 0 aromatic carbocycles. The molecule has 0 aliphatic carbocycles. The van der Waals surface area contributed by atoms with Crippen LogP contribution < -0.4 is 0 Å². The van der Waals surface area contributed by atoms with E-state index in [1.807, 2.05) is 0 Å². The van der Waals surface area contributed by atoms with Crippen LogP contribution in [0.25, 0.3) is 0 Å². The van der Waals surface area contributed by atoms with Crippen LogP contribution in [0.3, 0.4) is 0 Å². The van der Waals surface area contributed by atoms with Gasteiger partial charge in [0.2, 0.25) is 11.4 Å². The van der Waals surface area contributed by atoms with Gasteiger partial charge in [-0.2, -0.15) is 0 Å². The maximum Gasteiger partial charge on any atom is 0.378 e. The predicted octanol–water partition coefficient (Wildman–Crippen LogP) is -0.912. The summed E-state index contributed by atoms with van der Waals surface area (Å²) in [6, 6.07) is 0. The van der Waals surface area contributed by atoms with E-state index in [1.54, 1.807) is 13.8 Å². The molecule has 1 heterocycles. The van der Waals surface area contributed by atoms with Gasteiger partial charge >= 0.3 is 5.97 Å². The zero-order valence-corrected chi connectivity index (χ0v) is 11.8. The van der Waals surface area contributed by atoms with Crippen molar-refractivity contribution in [3.05, 3.63) is 23.4 Å². The molecule has 0 aromatic heterocycles. The van der Waals surface area contributed by atoms with Crippen LogP contribution in [0.5, 0.6) is 0 Å². The van der Waals surface area contributed by atoms with Gasteiger partial charge in [0, 0.05) is 6.42 Å². The lowest BCUT2D eigenvalue weighted by Crippen LogP contribution is -2.50. The number of hydrogen-bond donors (Lipinski definition) is 5. The van der Waals surface area contributed by atoms with Crippen molar-refractivity contribution >= 4 is 5.97 Å². The minimum Gasteiger partial charge on any atom is -0.499 e. The Labute approximate surface area is 121 Å². The zero-order chi connectivity index (χ0) is 16.2. The van der Waals surface area contributed by atoms with Crippen molar-refractivity contribution in [3.8, 4) is 0 Å². The van der Waals surface area contributed by atoms with Gasteiger partial charge in [0.15, 0.2) is 5.76 Å². The Morgan fingerprint density at radius 2 is 1.95 bits per heavy atom. The quantitative estimate of drug-likeness (QED) is 0.301. The first kappa shape index (κ1) is 17.4. The highest BCUT2D eigenvalue weighted by Crippen LogP contribution is 2.39. The molecule has 1 aliphatic heterocycles. The van der Waals surface area contributed by atoms with E-state index in [0.29, 0.717) is 5.57 Å². The molecule has 0 fully saturated rings. The van der Waals surface area contributed by atoms with E-state index in [2.05, 4.69) is 0 Å². The van der Waals surface area contributed by atoms with E-state index in [1.165, 1.54) is 6.26 Å². The van der Waals surface area contributed by atoms with Crippen LogP contribution in [-0.4, -0.2) is 62.5 Å². The van der Waals surface area contributed by atoms with Crippen LogP contribution in [0.1, 0.15) is 20.3 Å². The van der Waals surface area contributed by atoms with Crippen molar-refractivity contribution in [3.63, 3.8) is 0 Å². The number of rotatable bonds is 7. The number of hydrogen-bond acceptors (Lipinski definition) is 8. The molecule has 5 N–H and O–H groups in total. The first-order valence-electron chi connectivity index (χ1n) is 6.33. The lowest BCUT2D eigenvalue weighted by Gasteiger charge is -2.34. The normalized spacial score (nSPS) is 24.6. The highest BCUT2D eigenvalue weighted by atomic mass is 16.6. The number of esters is 1. The fourth-order valence-corrected chi connectivity index (χ4v) is 1.94. The molecule has 1 rings (SSSR count). The number of aliphatic hydroxyl groups is 5. The molecule has 21 heavy (non-hydrogen) atoms. The van der Waals surface area contributed by atoms with E-state index < -0.39 is 54.9 Å². The monoisotopic (exact) mass is 304 g/mol. The van der Waals surface area contributed by atoms with Crippen molar-refractivity contribution in [2.45, 2.75) is 38.1 Å². The standard InChI is InChI=1S/C13H20O8/c1-7(2)6-20-11-10(18)12(19)21-13(11,9(17)5-15)3-8(16)4-14/h6,8-9,14-18H,3-5H2,1-2H3/t8?,9-,13+/m0/s1. The largest absolute Gasteiger partial charge is 0.499 e. The van der Waals surface area contributed by atoms with Crippen molar-refractivity contribution in [2.75, 3.05) is 13.2 Å². The van der Waals surface area contributed by atoms with E-state index in [0.717, 1.165) is 0 Å². The van der Waals surface area contributed by atoms with Gasteiger partial charge in [-0.1, -0.05) is 0 Å². The molecule has 0 spiro atoms. The van der Waals surface area contributed by atoms with Gasteiger partial charge in [-0.05, 0) is 19.4 Å². The van der Waals surface area contributed by atoms with Crippen LogP contribution in [0.15, 0.2) is 23.4 Å². The minimum absolute atomic E-state index is 0.414. The molecule has 1 aliphatic rings. The number of ether oxygens (including phenoxy) is 2. The molecule has 0 saturated heterocycles. The number of allylic oxidation sites excluding steroid dienone is 1. The van der Waals surface area contributed by atoms with Gasteiger partial charge in [-0.3, -0.25) is 0 Å². The zero-order valence-electron chi connectivity index (χ0n) is 11.8. The molecule has 1 unspecified atom stereocenters. The third-order valence-electron chi connectivity index (χ3n) is 2.94. The Kier molecular flexibility index (Phi) is 5.73. The minimum atomic E-state index is -1.97. The molecule has 0 bridgehead atoms. The van der Waals surface area contributed by atoms with E-state index in [9.17, 15) is 20.1 Å². The molecule has 8 nitrogen and oxygen atoms in total. The van der Waals surface area contributed by atoms with Crippen LogP contribution in [0, 0.1) is 0 Å². The molecular formula is C13H20O8. The number of aliphatic hydroxyl groups excluding tert-OH is 5. The lowest BCUT2D eigenvalue weighted by atomic mass is 9.88. The van der Waals surface area contributed by atoms with Crippen molar-refractivity contribution in [1.29, 1.82) is 0 Å². The van der Waals surface area contributed by atoms with Crippen molar-refractivity contribution in [2.24, 2.45) is 0 Å². The Balaban J connectivity index is 3.26. The Morgan fingerprint density at radius 1 is 1.33 bits per heavy atom. The topological polar surface area (TPSA) is 137 Å². The second kappa shape index (κ2) is 6.90. The summed E-state index contributed by atoms with van der Waals surface area (Å²) < 4.78 is 10.1. The van der Waals surface area contributed by atoms with Crippen LogP contribution in [-0.2, 0) is 14.3 Å². The second-order valence-electron chi connectivity index (χ2n) is 5.01. The highest BCUT2D eigenvalue weighted by molar-refractivity contribution is 5.90. The smallest absolute Gasteiger partial charge is 0.378 e. The van der Waals surface area contributed by atoms with Gasteiger partial charge in [0.05, 0.1) is 25.6 Å². The van der Waals surface area contributed by atoms with Crippen molar-refractivity contribution < 1.29 is 39.8 Å². The fourth-order valence-electron chi connectivity index (χ4n) is 1.94. The summed E-state index contributed by atoms with van der Waals surface area (Å²) in [5.74, 6) is -2.42. The SMILES string of the molecule is CC(C)=COC1=C(O)C(=O)O[C@]1(CC(O)CO)[C@@H](O)CO. The fraction of sp³-hybridized carbons (Fsp3) is 0.615. The average molecular weight is 304 g/mol. The van der Waals surface area contributed by atoms with Crippen LogP contribution in [0.2, 0.25) is 0 Å². The van der Waals surface area contributed by atoms with Gasteiger partial charge in [0.1, 0.15) is 6.10 Å². The maximum atomic E-state index is 11.6. The predicted molar refractivity (Wildman–Crippen MR) is 69.8 cm³/mol. The van der Waals surface area contributed by atoms with Gasteiger partial charge < -0.3 is 35.0 Å². The van der Waals surface area contributed by atoms with E-state index >= 15 is 0 Å². The number of carbonyl (C=O) groups excluding carboxylic acids is 1.